The Kier molecular flexibility index (Phi) is 1.78. The van der Waals surface area contributed by atoms with Crippen molar-refractivity contribution in [2.45, 2.75) is 6.67 Å². The van der Waals surface area contributed by atoms with E-state index in [1.807, 2.05) is 0 Å². The van der Waals surface area contributed by atoms with Crippen molar-refractivity contribution in [2.24, 2.45) is 0 Å². The Labute approximate surface area is 52.1 Å². The Morgan fingerprint density at radius 2 is 1.89 bits per heavy atom. The maximum atomic E-state index is 12.3. The summed E-state index contributed by atoms with van der Waals surface area (Å²) in [4.78, 5) is 0. The molecule has 0 aromatic heterocycles. The van der Waals surface area contributed by atoms with Crippen molar-refractivity contribution in [1.29, 1.82) is 0 Å². The van der Waals surface area contributed by atoms with Crippen molar-refractivity contribution in [1.82, 2.24) is 0 Å². The summed E-state index contributed by atoms with van der Waals surface area (Å²) in [7, 11) is 0. The molecule has 0 bridgehead atoms. The summed E-state index contributed by atoms with van der Waals surface area (Å²) < 4.78 is 24.1. The summed E-state index contributed by atoms with van der Waals surface area (Å²) in [5.74, 6) is -0.472. The van der Waals surface area contributed by atoms with E-state index in [1.54, 1.807) is 6.07 Å². The summed E-state index contributed by atoms with van der Waals surface area (Å²) in [6.45, 7) is -0.729. The molecule has 0 aliphatic heterocycles. The first-order valence-electron chi connectivity index (χ1n) is 2.64. The van der Waals surface area contributed by atoms with Gasteiger partial charge in [-0.25, -0.2) is 8.78 Å². The van der Waals surface area contributed by atoms with Crippen LogP contribution in [0.1, 0.15) is 5.56 Å². The first-order chi connectivity index (χ1) is 4.34. The smallest absolute Gasteiger partial charge is 0.129 e. The van der Waals surface area contributed by atoms with Crippen LogP contribution in [-0.2, 0) is 6.67 Å². The summed E-state index contributed by atoms with van der Waals surface area (Å²) in [6.07, 6.45) is 0. The lowest BCUT2D eigenvalue weighted by molar-refractivity contribution is 0.464. The van der Waals surface area contributed by atoms with Crippen LogP contribution >= 0.6 is 0 Å². The van der Waals surface area contributed by atoms with Crippen molar-refractivity contribution in [3.05, 3.63) is 35.6 Å². The zero-order valence-electron chi connectivity index (χ0n) is 4.77. The molecule has 0 aliphatic carbocycles. The highest BCUT2D eigenvalue weighted by molar-refractivity contribution is 5.15. The predicted octanol–water partition coefficient (Wildman–Crippen LogP) is 2.30. The third-order valence-electron chi connectivity index (χ3n) is 1.10. The van der Waals surface area contributed by atoms with Crippen LogP contribution in [0.5, 0.6) is 0 Å². The standard InChI is InChI=1S/C7H6F2/c8-5-6-3-1-2-4-7(6)9/h1-4H,5H2. The molecule has 2 heteroatoms. The van der Waals surface area contributed by atoms with Gasteiger partial charge in [-0.05, 0) is 6.07 Å². The zero-order chi connectivity index (χ0) is 6.69. The molecule has 9 heavy (non-hydrogen) atoms. The van der Waals surface area contributed by atoms with Gasteiger partial charge in [0.25, 0.3) is 0 Å². The lowest BCUT2D eigenvalue weighted by Gasteiger charge is -1.92. The maximum Gasteiger partial charge on any atom is 0.129 e. The van der Waals surface area contributed by atoms with Gasteiger partial charge in [-0.2, -0.15) is 0 Å². The fourth-order valence-corrected chi connectivity index (χ4v) is 0.607. The van der Waals surface area contributed by atoms with Crippen LogP contribution < -0.4 is 0 Å². The largest absolute Gasteiger partial charge is 0.246 e. The average Bonchev–Trinajstić information content (AvgIpc) is 1.89. The van der Waals surface area contributed by atoms with Gasteiger partial charge in [-0.3, -0.25) is 0 Å². The van der Waals surface area contributed by atoms with Crippen molar-refractivity contribution in [3.63, 3.8) is 0 Å². The fraction of sp³-hybridized carbons (Fsp3) is 0.143. The molecule has 0 saturated carbocycles. The second kappa shape index (κ2) is 2.58. The molecule has 48 valence electrons. The Morgan fingerprint density at radius 3 is 2.33 bits per heavy atom. The molecule has 0 amide bonds. The summed E-state index contributed by atoms with van der Waals surface area (Å²) in [5, 5.41) is 0. The first-order valence-corrected chi connectivity index (χ1v) is 2.64. The quantitative estimate of drug-likeness (QED) is 0.544. The fourth-order valence-electron chi connectivity index (χ4n) is 0.607. The van der Waals surface area contributed by atoms with E-state index in [-0.39, 0.29) is 5.56 Å². The van der Waals surface area contributed by atoms with Crippen LogP contribution in [0.2, 0.25) is 0 Å². The van der Waals surface area contributed by atoms with E-state index in [0.29, 0.717) is 0 Å². The minimum atomic E-state index is -0.729. The van der Waals surface area contributed by atoms with Crippen molar-refractivity contribution in [3.8, 4) is 0 Å². The molecule has 0 aliphatic rings. The summed E-state index contributed by atoms with van der Waals surface area (Å²) in [5.41, 5.74) is 0.123. The molecule has 0 atom stereocenters. The minimum Gasteiger partial charge on any atom is -0.246 e. The van der Waals surface area contributed by atoms with Gasteiger partial charge >= 0.3 is 0 Å². The van der Waals surface area contributed by atoms with Crippen molar-refractivity contribution >= 4 is 0 Å². The van der Waals surface area contributed by atoms with Crippen LogP contribution in [0.3, 0.4) is 0 Å². The molecule has 0 unspecified atom stereocenters. The normalized spacial score (nSPS) is 9.56. The van der Waals surface area contributed by atoms with Crippen molar-refractivity contribution < 1.29 is 8.78 Å². The van der Waals surface area contributed by atoms with Gasteiger partial charge in [-0.1, -0.05) is 18.2 Å². The molecular formula is C7H6F2. The van der Waals surface area contributed by atoms with Crippen molar-refractivity contribution in [2.75, 3.05) is 0 Å². The Balaban J connectivity index is 3.01. The highest BCUT2D eigenvalue weighted by atomic mass is 19.1. The molecule has 0 nitrogen and oxygen atoms in total. The minimum absolute atomic E-state index is 0.123. The molecule has 0 fully saturated rings. The number of alkyl halides is 1. The molecule has 0 radical (unpaired) electrons. The van der Waals surface area contributed by atoms with E-state index in [4.69, 9.17) is 0 Å². The van der Waals surface area contributed by atoms with Gasteiger partial charge in [-0.15, -0.1) is 0 Å². The molecule has 1 aromatic rings. The van der Waals surface area contributed by atoms with E-state index in [2.05, 4.69) is 0 Å². The number of hydrogen-bond donors (Lipinski definition) is 0. The first kappa shape index (κ1) is 6.20. The van der Waals surface area contributed by atoms with E-state index >= 15 is 0 Å². The van der Waals surface area contributed by atoms with E-state index in [1.165, 1.54) is 18.2 Å². The molecule has 0 N–H and O–H groups in total. The van der Waals surface area contributed by atoms with Gasteiger partial charge in [0.05, 0.1) is 0 Å². The third-order valence-corrected chi connectivity index (χ3v) is 1.10. The van der Waals surface area contributed by atoms with Crippen LogP contribution in [0.4, 0.5) is 8.78 Å². The molecule has 0 heterocycles. The van der Waals surface area contributed by atoms with E-state index < -0.39 is 12.5 Å². The molecule has 1 rings (SSSR count). The van der Waals surface area contributed by atoms with Crippen LogP contribution in [0.25, 0.3) is 0 Å². The summed E-state index contributed by atoms with van der Waals surface area (Å²) >= 11 is 0. The monoisotopic (exact) mass is 128 g/mol. The average molecular weight is 128 g/mol. The Hall–Kier alpha value is -0.920. The third kappa shape index (κ3) is 1.25. The lowest BCUT2D eigenvalue weighted by Crippen LogP contribution is -1.82. The highest BCUT2D eigenvalue weighted by Gasteiger charge is 1.96. The van der Waals surface area contributed by atoms with Gasteiger partial charge < -0.3 is 0 Å². The molecule has 0 saturated heterocycles. The SMILES string of the molecule is FCc1ccccc1F. The second-order valence-corrected chi connectivity index (χ2v) is 1.73. The van der Waals surface area contributed by atoms with Gasteiger partial charge in [0, 0.05) is 5.56 Å². The lowest BCUT2D eigenvalue weighted by atomic mass is 10.2. The van der Waals surface area contributed by atoms with Crippen LogP contribution in [0, 0.1) is 5.82 Å². The van der Waals surface area contributed by atoms with E-state index in [0.717, 1.165) is 0 Å². The van der Waals surface area contributed by atoms with Gasteiger partial charge in [0.2, 0.25) is 0 Å². The predicted molar refractivity (Wildman–Crippen MR) is 31.2 cm³/mol. The highest BCUT2D eigenvalue weighted by Crippen LogP contribution is 2.06. The molecular weight excluding hydrogens is 122 g/mol. The maximum absolute atomic E-state index is 12.3. The molecule has 1 aromatic carbocycles. The van der Waals surface area contributed by atoms with Gasteiger partial charge in [0.1, 0.15) is 12.5 Å². The van der Waals surface area contributed by atoms with Crippen LogP contribution in [-0.4, -0.2) is 0 Å². The number of rotatable bonds is 1. The topological polar surface area (TPSA) is 0 Å². The number of benzene rings is 1. The second-order valence-electron chi connectivity index (χ2n) is 1.73. The number of hydrogen-bond acceptors (Lipinski definition) is 0. The zero-order valence-corrected chi connectivity index (χ0v) is 4.77. The van der Waals surface area contributed by atoms with E-state index in [9.17, 15) is 8.78 Å². The summed E-state index contributed by atoms with van der Waals surface area (Å²) in [6, 6.07) is 5.82. The number of halogens is 2. The molecule has 0 spiro atoms. The van der Waals surface area contributed by atoms with Crippen LogP contribution in [0.15, 0.2) is 24.3 Å². The Morgan fingerprint density at radius 1 is 1.22 bits per heavy atom. The Bertz CT molecular complexity index is 196. The van der Waals surface area contributed by atoms with Gasteiger partial charge in [0.15, 0.2) is 0 Å².